The molecule has 0 aromatic heterocycles. The van der Waals surface area contributed by atoms with Gasteiger partial charge in [-0.25, -0.2) is 4.39 Å². The van der Waals surface area contributed by atoms with E-state index in [4.69, 9.17) is 28.6 Å². The predicted molar refractivity (Wildman–Crippen MR) is 107 cm³/mol. The lowest BCUT2D eigenvalue weighted by atomic mass is 10.2. The number of ether oxygens (including phenoxy) is 1. The summed E-state index contributed by atoms with van der Waals surface area (Å²) in [4.78, 5) is 0.648. The lowest BCUT2D eigenvalue weighted by Gasteiger charge is -2.11. The Morgan fingerprint density at radius 3 is 2.35 bits per heavy atom. The molecule has 0 radical (unpaired) electrons. The average molecular weight is 386 g/mol. The Balaban J connectivity index is 1.54. The number of halogens is 2. The van der Waals surface area contributed by atoms with Gasteiger partial charge < -0.3 is 10.1 Å². The largest absolute Gasteiger partial charge is 0.489 e. The van der Waals surface area contributed by atoms with Gasteiger partial charge in [0.1, 0.15) is 23.2 Å². The topological polar surface area (TPSA) is 21.3 Å². The monoisotopic (exact) mass is 385 g/mol. The molecule has 132 valence electrons. The molecule has 5 heteroatoms. The van der Waals surface area contributed by atoms with Gasteiger partial charge >= 0.3 is 0 Å². The van der Waals surface area contributed by atoms with Gasteiger partial charge in [0, 0.05) is 17.1 Å². The van der Waals surface area contributed by atoms with Crippen LogP contribution in [0.5, 0.6) is 5.75 Å². The third kappa shape index (κ3) is 5.04. The smallest absolute Gasteiger partial charge is 0.123 e. The van der Waals surface area contributed by atoms with Crippen molar-refractivity contribution in [1.29, 1.82) is 0 Å². The van der Waals surface area contributed by atoms with E-state index < -0.39 is 0 Å². The van der Waals surface area contributed by atoms with Crippen LogP contribution in [0.4, 0.5) is 4.39 Å². The molecule has 0 heterocycles. The van der Waals surface area contributed by atoms with Gasteiger partial charge in [0.2, 0.25) is 0 Å². The Hall–Kier alpha value is -2.43. The number of nitrogens with one attached hydrogen (secondary N) is 1. The van der Waals surface area contributed by atoms with E-state index in [1.807, 2.05) is 48.5 Å². The molecule has 3 rings (SSSR count). The summed E-state index contributed by atoms with van der Waals surface area (Å²) in [6.45, 7) is 0.955. The Kier molecular flexibility index (Phi) is 6.21. The lowest BCUT2D eigenvalue weighted by molar-refractivity contribution is 0.306. The van der Waals surface area contributed by atoms with E-state index in [9.17, 15) is 4.39 Å². The van der Waals surface area contributed by atoms with Gasteiger partial charge in [0.05, 0.1) is 0 Å². The van der Waals surface area contributed by atoms with Crippen molar-refractivity contribution in [3.05, 3.63) is 100 Å². The second-order valence-electron chi connectivity index (χ2n) is 5.71. The maximum Gasteiger partial charge on any atom is 0.123 e. The van der Waals surface area contributed by atoms with Crippen molar-refractivity contribution in [1.82, 2.24) is 5.32 Å². The first-order chi connectivity index (χ1) is 12.6. The summed E-state index contributed by atoms with van der Waals surface area (Å²) in [5.74, 6) is 0.475. The second-order valence-corrected chi connectivity index (χ2v) is 6.53. The predicted octanol–water partition coefficient (Wildman–Crippen LogP) is 5.52. The van der Waals surface area contributed by atoms with E-state index in [0.717, 1.165) is 22.4 Å². The Morgan fingerprint density at radius 2 is 1.65 bits per heavy atom. The van der Waals surface area contributed by atoms with Gasteiger partial charge in [0.25, 0.3) is 0 Å². The molecule has 1 N–H and O–H groups in total. The summed E-state index contributed by atoms with van der Waals surface area (Å²) in [5.41, 5.74) is 2.81. The maximum absolute atomic E-state index is 12.9. The summed E-state index contributed by atoms with van der Waals surface area (Å²) in [6.07, 6.45) is 0. The summed E-state index contributed by atoms with van der Waals surface area (Å²) in [6, 6.07) is 21.5. The molecule has 0 aliphatic rings. The van der Waals surface area contributed by atoms with Gasteiger partial charge in [-0.1, -0.05) is 54.2 Å². The van der Waals surface area contributed by atoms with Crippen molar-refractivity contribution >= 4 is 28.8 Å². The van der Waals surface area contributed by atoms with Crippen LogP contribution in [0.2, 0.25) is 5.02 Å². The fourth-order valence-corrected chi connectivity index (χ4v) is 2.78. The van der Waals surface area contributed by atoms with Crippen molar-refractivity contribution in [3.8, 4) is 5.75 Å². The van der Waals surface area contributed by atoms with Crippen LogP contribution in [-0.2, 0) is 13.2 Å². The van der Waals surface area contributed by atoms with Crippen LogP contribution in [0.1, 0.15) is 16.7 Å². The minimum absolute atomic E-state index is 0.254. The highest BCUT2D eigenvalue weighted by Gasteiger charge is 2.04. The fraction of sp³-hybridized carbons (Fsp3) is 0.0952. The van der Waals surface area contributed by atoms with Crippen LogP contribution in [0.3, 0.4) is 0 Å². The molecule has 0 saturated heterocycles. The first-order valence-electron chi connectivity index (χ1n) is 8.11. The zero-order valence-electron chi connectivity index (χ0n) is 13.9. The molecule has 0 spiro atoms. The third-order valence-corrected chi connectivity index (χ3v) is 4.58. The normalized spacial score (nSPS) is 10.4. The molecule has 0 aliphatic heterocycles. The minimum Gasteiger partial charge on any atom is -0.489 e. The lowest BCUT2D eigenvalue weighted by Crippen LogP contribution is -2.21. The molecule has 0 unspecified atom stereocenters. The zero-order valence-corrected chi connectivity index (χ0v) is 15.5. The summed E-state index contributed by atoms with van der Waals surface area (Å²) >= 11 is 11.6. The number of hydrogen-bond acceptors (Lipinski definition) is 2. The molecule has 0 saturated carbocycles. The van der Waals surface area contributed by atoms with Crippen molar-refractivity contribution < 1.29 is 9.13 Å². The van der Waals surface area contributed by atoms with Crippen LogP contribution in [0, 0.1) is 5.82 Å². The first kappa shape index (κ1) is 18.4. The molecular weight excluding hydrogens is 369 g/mol. The Bertz CT molecular complexity index is 881. The zero-order chi connectivity index (χ0) is 18.4. The Morgan fingerprint density at radius 1 is 0.962 bits per heavy atom. The van der Waals surface area contributed by atoms with Crippen molar-refractivity contribution in [2.24, 2.45) is 0 Å². The fourth-order valence-electron chi connectivity index (χ4n) is 2.37. The van der Waals surface area contributed by atoms with E-state index in [1.165, 1.54) is 12.1 Å². The van der Waals surface area contributed by atoms with E-state index in [1.54, 1.807) is 12.1 Å². The molecule has 2 nitrogen and oxygen atoms in total. The highest BCUT2D eigenvalue weighted by Crippen LogP contribution is 2.17. The molecular formula is C21H17ClFNOS. The van der Waals surface area contributed by atoms with E-state index in [-0.39, 0.29) is 5.82 Å². The van der Waals surface area contributed by atoms with Crippen LogP contribution in [-0.4, -0.2) is 4.99 Å². The molecule has 3 aromatic rings. The molecule has 0 aliphatic carbocycles. The first-order valence-corrected chi connectivity index (χ1v) is 8.89. The third-order valence-electron chi connectivity index (χ3n) is 3.83. The second kappa shape index (κ2) is 8.79. The summed E-state index contributed by atoms with van der Waals surface area (Å²) < 4.78 is 18.6. The number of thiocarbonyl (C=S) groups is 1. The van der Waals surface area contributed by atoms with Gasteiger partial charge in [-0.05, 0) is 53.6 Å². The molecule has 3 aromatic carbocycles. The SMILES string of the molecule is Fc1ccc(COc2ccc(C(=S)NCc3ccccc3Cl)cc2)cc1. The highest BCUT2D eigenvalue weighted by atomic mass is 35.5. The van der Waals surface area contributed by atoms with Gasteiger partial charge in [0.15, 0.2) is 0 Å². The molecule has 0 bridgehead atoms. The number of rotatable bonds is 6. The molecule has 0 fully saturated rings. The molecule has 0 atom stereocenters. The van der Waals surface area contributed by atoms with Gasteiger partial charge in [-0.2, -0.15) is 0 Å². The van der Waals surface area contributed by atoms with Crippen LogP contribution < -0.4 is 10.1 Å². The highest BCUT2D eigenvalue weighted by molar-refractivity contribution is 7.80. The summed E-state index contributed by atoms with van der Waals surface area (Å²) in [5, 5.41) is 3.92. The minimum atomic E-state index is -0.254. The van der Waals surface area contributed by atoms with E-state index in [2.05, 4.69) is 5.32 Å². The molecule has 26 heavy (non-hydrogen) atoms. The van der Waals surface area contributed by atoms with Gasteiger partial charge in [-0.3, -0.25) is 0 Å². The Labute approximate surface area is 162 Å². The summed E-state index contributed by atoms with van der Waals surface area (Å²) in [7, 11) is 0. The standard InChI is InChI=1S/C21H17ClFNOS/c22-20-4-2-1-3-17(20)13-24-21(26)16-7-11-19(12-8-16)25-14-15-5-9-18(23)10-6-15/h1-12H,13-14H2,(H,24,26). The number of benzene rings is 3. The van der Waals surface area contributed by atoms with Crippen molar-refractivity contribution in [2.45, 2.75) is 13.2 Å². The van der Waals surface area contributed by atoms with Gasteiger partial charge in [-0.15, -0.1) is 0 Å². The van der Waals surface area contributed by atoms with Crippen molar-refractivity contribution in [2.75, 3.05) is 0 Å². The maximum atomic E-state index is 12.9. The van der Waals surface area contributed by atoms with E-state index in [0.29, 0.717) is 23.2 Å². The number of hydrogen-bond donors (Lipinski definition) is 1. The quantitative estimate of drug-likeness (QED) is 0.564. The van der Waals surface area contributed by atoms with Crippen LogP contribution >= 0.6 is 23.8 Å². The van der Waals surface area contributed by atoms with E-state index >= 15 is 0 Å². The van der Waals surface area contributed by atoms with Crippen molar-refractivity contribution in [3.63, 3.8) is 0 Å². The average Bonchev–Trinajstić information content (AvgIpc) is 2.67. The molecule has 0 amide bonds. The van der Waals surface area contributed by atoms with Crippen LogP contribution in [0.25, 0.3) is 0 Å². The van der Waals surface area contributed by atoms with Crippen LogP contribution in [0.15, 0.2) is 72.8 Å².